The van der Waals surface area contributed by atoms with Gasteiger partial charge in [-0.2, -0.15) is 0 Å². The summed E-state index contributed by atoms with van der Waals surface area (Å²) in [6.07, 6.45) is 1.81. The van der Waals surface area contributed by atoms with Gasteiger partial charge in [0.25, 0.3) is 9.04 Å². The predicted octanol–water partition coefficient (Wildman–Crippen LogP) is 4.46. The first kappa shape index (κ1) is 19.0. The molecule has 0 aliphatic carbocycles. The van der Waals surface area contributed by atoms with Gasteiger partial charge in [0.05, 0.1) is 12.3 Å². The van der Waals surface area contributed by atoms with E-state index in [0.717, 1.165) is 10.2 Å². The lowest BCUT2D eigenvalue weighted by Crippen LogP contribution is -2.45. The van der Waals surface area contributed by atoms with Crippen molar-refractivity contribution in [2.24, 2.45) is 0 Å². The van der Waals surface area contributed by atoms with E-state index in [4.69, 9.17) is 4.43 Å². The molecule has 2 nitrogen and oxygen atoms in total. The van der Waals surface area contributed by atoms with Gasteiger partial charge >= 0.3 is 0 Å². The van der Waals surface area contributed by atoms with E-state index in [-0.39, 0.29) is 5.41 Å². The smallest absolute Gasteiger partial charge is 0.283 e. The minimum Gasteiger partial charge on any atom is -0.401 e. The number of aromatic nitrogens is 1. The highest BCUT2D eigenvalue weighted by Gasteiger charge is 2.23. The normalized spacial score (nSPS) is 11.7. The molecular formula is C22H23BrNOSi. The van der Waals surface area contributed by atoms with E-state index >= 15 is 0 Å². The van der Waals surface area contributed by atoms with Gasteiger partial charge in [-0.1, -0.05) is 85.2 Å². The Balaban J connectivity index is 1.92. The average Bonchev–Trinajstić information content (AvgIpc) is 2.63. The molecule has 0 fully saturated rings. The van der Waals surface area contributed by atoms with Crippen molar-refractivity contribution in [1.29, 1.82) is 0 Å². The summed E-state index contributed by atoms with van der Waals surface area (Å²) in [4.78, 5) is 4.38. The van der Waals surface area contributed by atoms with Crippen LogP contribution < -0.4 is 10.4 Å². The topological polar surface area (TPSA) is 22.1 Å². The van der Waals surface area contributed by atoms with Crippen molar-refractivity contribution in [1.82, 2.24) is 4.98 Å². The van der Waals surface area contributed by atoms with Crippen LogP contribution in [0.15, 0.2) is 77.4 Å². The SMILES string of the molecule is CC(C)(C)c1ccc([Si](OCc2ccccn2)c2ccccc2)cc1Br. The Hall–Kier alpha value is -1.75. The molecule has 0 aliphatic heterocycles. The molecule has 0 amide bonds. The molecule has 0 N–H and O–H groups in total. The highest BCUT2D eigenvalue weighted by atomic mass is 79.9. The van der Waals surface area contributed by atoms with Crippen molar-refractivity contribution < 1.29 is 4.43 Å². The maximum absolute atomic E-state index is 6.40. The number of nitrogens with zero attached hydrogens (tertiary/aromatic N) is 1. The summed E-state index contributed by atoms with van der Waals surface area (Å²) in [5.74, 6) is 0. The summed E-state index contributed by atoms with van der Waals surface area (Å²) in [7, 11) is -1.35. The van der Waals surface area contributed by atoms with Crippen molar-refractivity contribution in [2.75, 3.05) is 0 Å². The van der Waals surface area contributed by atoms with Crippen molar-refractivity contribution in [3.8, 4) is 0 Å². The Labute approximate surface area is 166 Å². The molecule has 0 spiro atoms. The summed E-state index contributed by atoms with van der Waals surface area (Å²) in [5, 5.41) is 2.47. The molecule has 133 valence electrons. The summed E-state index contributed by atoms with van der Waals surface area (Å²) < 4.78 is 7.54. The number of benzene rings is 2. The average molecular weight is 425 g/mol. The van der Waals surface area contributed by atoms with Gasteiger partial charge in [0.2, 0.25) is 0 Å². The first-order valence-corrected chi connectivity index (χ1v) is 10.9. The van der Waals surface area contributed by atoms with Crippen LogP contribution in [0.2, 0.25) is 0 Å². The maximum atomic E-state index is 6.40. The van der Waals surface area contributed by atoms with Crippen LogP contribution in [0.25, 0.3) is 0 Å². The lowest BCUT2D eigenvalue weighted by atomic mass is 9.87. The fourth-order valence-corrected chi connectivity index (χ4v) is 5.97. The number of rotatable bonds is 5. The molecule has 0 aliphatic rings. The molecule has 0 saturated heterocycles. The van der Waals surface area contributed by atoms with Crippen molar-refractivity contribution in [3.63, 3.8) is 0 Å². The van der Waals surface area contributed by atoms with E-state index in [2.05, 4.69) is 84.1 Å². The summed E-state index contributed by atoms with van der Waals surface area (Å²) in [6, 6.07) is 23.1. The molecular weight excluding hydrogens is 402 g/mol. The Morgan fingerprint density at radius 1 is 0.923 bits per heavy atom. The summed E-state index contributed by atoms with van der Waals surface area (Å²) >= 11 is 3.77. The largest absolute Gasteiger partial charge is 0.401 e. The molecule has 0 atom stereocenters. The molecule has 1 heterocycles. The minimum atomic E-state index is -1.35. The Morgan fingerprint density at radius 3 is 2.27 bits per heavy atom. The van der Waals surface area contributed by atoms with Gasteiger partial charge < -0.3 is 4.43 Å². The second-order valence-electron chi connectivity index (χ2n) is 7.25. The molecule has 3 rings (SSSR count). The third kappa shape index (κ3) is 4.70. The highest BCUT2D eigenvalue weighted by Crippen LogP contribution is 2.28. The van der Waals surface area contributed by atoms with Gasteiger partial charge in [0.1, 0.15) is 0 Å². The predicted molar refractivity (Wildman–Crippen MR) is 113 cm³/mol. The first-order chi connectivity index (χ1) is 12.4. The van der Waals surface area contributed by atoms with Crippen LogP contribution in [-0.2, 0) is 16.4 Å². The number of hydrogen-bond donors (Lipinski definition) is 0. The maximum Gasteiger partial charge on any atom is 0.283 e. The standard InChI is InChI=1S/C22H23BrNOSi/c1-22(2,3)20-13-12-19(15-21(20)23)26(18-10-5-4-6-11-18)25-16-17-9-7-8-14-24-17/h4-15H,16H2,1-3H3. The van der Waals surface area contributed by atoms with Crippen molar-refractivity contribution >= 4 is 35.3 Å². The van der Waals surface area contributed by atoms with E-state index in [1.807, 2.05) is 30.5 Å². The van der Waals surface area contributed by atoms with Gasteiger partial charge in [-0.3, -0.25) is 4.98 Å². The summed E-state index contributed by atoms with van der Waals surface area (Å²) in [5.41, 5.74) is 2.36. The van der Waals surface area contributed by atoms with E-state index < -0.39 is 9.04 Å². The van der Waals surface area contributed by atoms with E-state index in [0.29, 0.717) is 6.61 Å². The summed E-state index contributed by atoms with van der Waals surface area (Å²) in [6.45, 7) is 7.21. The second-order valence-corrected chi connectivity index (χ2v) is 10.2. The Bertz CT molecular complexity index is 847. The van der Waals surface area contributed by atoms with E-state index in [1.165, 1.54) is 15.9 Å². The third-order valence-electron chi connectivity index (χ3n) is 4.17. The molecule has 0 bridgehead atoms. The van der Waals surface area contributed by atoms with E-state index in [1.54, 1.807) is 0 Å². The number of halogens is 1. The molecule has 1 aromatic heterocycles. The van der Waals surface area contributed by atoms with Gasteiger partial charge in [0, 0.05) is 10.7 Å². The zero-order chi connectivity index (χ0) is 18.6. The Morgan fingerprint density at radius 2 is 1.65 bits per heavy atom. The van der Waals surface area contributed by atoms with Crippen molar-refractivity contribution in [2.45, 2.75) is 32.8 Å². The van der Waals surface area contributed by atoms with Crippen LogP contribution in [0.5, 0.6) is 0 Å². The van der Waals surface area contributed by atoms with Crippen LogP contribution >= 0.6 is 15.9 Å². The highest BCUT2D eigenvalue weighted by molar-refractivity contribution is 9.10. The fraction of sp³-hybridized carbons (Fsp3) is 0.227. The van der Waals surface area contributed by atoms with Crippen LogP contribution in [0.1, 0.15) is 32.0 Å². The molecule has 2 aromatic carbocycles. The number of pyridine rings is 1. The van der Waals surface area contributed by atoms with Crippen LogP contribution in [0.3, 0.4) is 0 Å². The lowest BCUT2D eigenvalue weighted by Gasteiger charge is -2.23. The van der Waals surface area contributed by atoms with Gasteiger partial charge in [-0.25, -0.2) is 0 Å². The van der Waals surface area contributed by atoms with Gasteiger partial charge in [-0.15, -0.1) is 0 Å². The Kier molecular flexibility index (Phi) is 6.07. The molecule has 0 unspecified atom stereocenters. The first-order valence-electron chi connectivity index (χ1n) is 8.70. The monoisotopic (exact) mass is 424 g/mol. The zero-order valence-corrected chi connectivity index (χ0v) is 18.0. The van der Waals surface area contributed by atoms with Crippen LogP contribution in [-0.4, -0.2) is 14.0 Å². The van der Waals surface area contributed by atoms with Gasteiger partial charge in [0.15, 0.2) is 0 Å². The third-order valence-corrected chi connectivity index (χ3v) is 6.95. The number of hydrogen-bond acceptors (Lipinski definition) is 2. The second kappa shape index (κ2) is 8.29. The van der Waals surface area contributed by atoms with E-state index in [9.17, 15) is 0 Å². The van der Waals surface area contributed by atoms with Crippen LogP contribution in [0.4, 0.5) is 0 Å². The fourth-order valence-electron chi connectivity index (χ4n) is 2.82. The molecule has 4 heteroatoms. The van der Waals surface area contributed by atoms with Gasteiger partial charge in [-0.05, 0) is 39.6 Å². The zero-order valence-electron chi connectivity index (χ0n) is 15.4. The minimum absolute atomic E-state index is 0.103. The lowest BCUT2D eigenvalue weighted by molar-refractivity contribution is 0.316. The molecule has 3 aromatic rings. The molecule has 0 saturated carbocycles. The van der Waals surface area contributed by atoms with Crippen molar-refractivity contribution in [3.05, 3.63) is 88.7 Å². The molecule has 26 heavy (non-hydrogen) atoms. The quantitative estimate of drug-likeness (QED) is 0.563. The molecule has 1 radical (unpaired) electrons. The van der Waals surface area contributed by atoms with Crippen LogP contribution in [0, 0.1) is 0 Å².